The van der Waals surface area contributed by atoms with E-state index in [0.29, 0.717) is 5.92 Å². The van der Waals surface area contributed by atoms with Gasteiger partial charge in [-0.3, -0.25) is 0 Å². The molecule has 2 N–H and O–H groups in total. The quantitative estimate of drug-likeness (QED) is 0.849. The minimum absolute atomic E-state index is 0.182. The minimum atomic E-state index is 0.182. The number of allylic oxidation sites excluding steroid dienone is 1. The molecule has 0 bridgehead atoms. The number of hydrogen-bond donors (Lipinski definition) is 1. The smallest absolute Gasteiger partial charge is 0.160 e. The first-order valence-corrected chi connectivity index (χ1v) is 6.69. The number of ether oxygens (including phenoxy) is 2. The van der Waals surface area contributed by atoms with Crippen LogP contribution in [0.2, 0.25) is 0 Å². The number of rotatable bonds is 3. The van der Waals surface area contributed by atoms with Crippen molar-refractivity contribution in [3.63, 3.8) is 0 Å². The van der Waals surface area contributed by atoms with Gasteiger partial charge in [-0.2, -0.15) is 0 Å². The Morgan fingerprint density at radius 1 is 1.00 bits per heavy atom. The summed E-state index contributed by atoms with van der Waals surface area (Å²) in [5.41, 5.74) is 10.4. The topological polar surface area (TPSA) is 44.5 Å². The summed E-state index contributed by atoms with van der Waals surface area (Å²) < 4.78 is 10.7. The number of methoxy groups -OCH3 is 2. The Balaban J connectivity index is 2.32. The number of nitrogens with two attached hydrogens (primary N) is 1. The Morgan fingerprint density at radius 2 is 1.63 bits per heavy atom. The zero-order valence-corrected chi connectivity index (χ0v) is 12.2. The van der Waals surface area contributed by atoms with Crippen LogP contribution in [0.15, 0.2) is 29.3 Å². The van der Waals surface area contributed by atoms with Crippen molar-refractivity contribution in [2.45, 2.75) is 38.6 Å². The standard InChI is InChI=1S/C16H23NO2/c1-10-7-13(14(17)8-11(10)2)12-5-6-15(18-3)16(9-12)19-4/h5-6,9,13-14H,7-8,17H2,1-4H3/t13-,14+/m0/s1. The molecule has 3 heteroatoms. The summed E-state index contributed by atoms with van der Waals surface area (Å²) in [6.07, 6.45) is 2.01. The maximum Gasteiger partial charge on any atom is 0.160 e. The molecule has 0 aliphatic heterocycles. The molecule has 0 saturated carbocycles. The van der Waals surface area contributed by atoms with Gasteiger partial charge in [0, 0.05) is 12.0 Å². The predicted molar refractivity (Wildman–Crippen MR) is 77.9 cm³/mol. The summed E-state index contributed by atoms with van der Waals surface area (Å²) in [7, 11) is 3.32. The Morgan fingerprint density at radius 3 is 2.26 bits per heavy atom. The van der Waals surface area contributed by atoms with Crippen LogP contribution in [0.5, 0.6) is 11.5 Å². The highest BCUT2D eigenvalue weighted by molar-refractivity contribution is 5.45. The first-order valence-electron chi connectivity index (χ1n) is 6.69. The Hall–Kier alpha value is -1.48. The largest absolute Gasteiger partial charge is 0.493 e. The van der Waals surface area contributed by atoms with Crippen molar-refractivity contribution in [3.8, 4) is 11.5 Å². The van der Waals surface area contributed by atoms with Gasteiger partial charge in [0.2, 0.25) is 0 Å². The van der Waals surface area contributed by atoms with Gasteiger partial charge in [0.05, 0.1) is 14.2 Å². The van der Waals surface area contributed by atoms with Crippen molar-refractivity contribution in [1.82, 2.24) is 0 Å². The van der Waals surface area contributed by atoms with E-state index >= 15 is 0 Å². The fourth-order valence-corrected chi connectivity index (χ4v) is 2.77. The van der Waals surface area contributed by atoms with Crippen molar-refractivity contribution in [2.24, 2.45) is 5.73 Å². The lowest BCUT2D eigenvalue weighted by Crippen LogP contribution is -2.32. The third-order valence-electron chi connectivity index (χ3n) is 4.15. The lowest BCUT2D eigenvalue weighted by atomic mass is 9.78. The van der Waals surface area contributed by atoms with Crippen LogP contribution in [0, 0.1) is 0 Å². The Kier molecular flexibility index (Phi) is 4.15. The molecular formula is C16H23NO2. The predicted octanol–water partition coefficient (Wildman–Crippen LogP) is 3.24. The molecule has 2 atom stereocenters. The third-order valence-corrected chi connectivity index (χ3v) is 4.15. The minimum Gasteiger partial charge on any atom is -0.493 e. The lowest BCUT2D eigenvalue weighted by Gasteiger charge is -2.31. The van der Waals surface area contributed by atoms with Crippen LogP contribution < -0.4 is 15.2 Å². The molecule has 1 aromatic carbocycles. The van der Waals surface area contributed by atoms with Gasteiger partial charge in [-0.1, -0.05) is 17.2 Å². The first kappa shape index (κ1) is 13.9. The van der Waals surface area contributed by atoms with Crippen molar-refractivity contribution < 1.29 is 9.47 Å². The number of benzene rings is 1. The van der Waals surface area contributed by atoms with Crippen LogP contribution in [-0.2, 0) is 0 Å². The summed E-state index contributed by atoms with van der Waals surface area (Å²) in [4.78, 5) is 0. The van der Waals surface area contributed by atoms with Crippen molar-refractivity contribution in [1.29, 1.82) is 0 Å². The molecule has 2 rings (SSSR count). The normalized spacial score (nSPS) is 23.4. The van der Waals surface area contributed by atoms with E-state index in [-0.39, 0.29) is 6.04 Å². The molecule has 1 aliphatic carbocycles. The first-order chi connectivity index (χ1) is 9.06. The fourth-order valence-electron chi connectivity index (χ4n) is 2.77. The van der Waals surface area contributed by atoms with Gasteiger partial charge in [0.15, 0.2) is 11.5 Å². The molecule has 1 aromatic rings. The van der Waals surface area contributed by atoms with Crippen LogP contribution in [0.1, 0.15) is 38.2 Å². The van der Waals surface area contributed by atoms with E-state index in [4.69, 9.17) is 15.2 Å². The highest BCUT2D eigenvalue weighted by Crippen LogP contribution is 2.38. The summed E-state index contributed by atoms with van der Waals surface area (Å²) in [6, 6.07) is 6.29. The molecule has 3 nitrogen and oxygen atoms in total. The second kappa shape index (κ2) is 5.66. The average molecular weight is 261 g/mol. The molecule has 104 valence electrons. The Labute approximate surface area is 115 Å². The molecule has 0 amide bonds. The fraction of sp³-hybridized carbons (Fsp3) is 0.500. The summed E-state index contributed by atoms with van der Waals surface area (Å²) in [5, 5.41) is 0. The van der Waals surface area contributed by atoms with Gasteiger partial charge in [0.25, 0.3) is 0 Å². The Bertz CT molecular complexity index is 494. The molecule has 0 fully saturated rings. The maximum absolute atomic E-state index is 6.32. The van der Waals surface area contributed by atoms with E-state index in [9.17, 15) is 0 Å². The van der Waals surface area contributed by atoms with Crippen LogP contribution in [0.3, 0.4) is 0 Å². The molecule has 0 saturated heterocycles. The highest BCUT2D eigenvalue weighted by atomic mass is 16.5. The second-order valence-electron chi connectivity index (χ2n) is 5.35. The molecule has 19 heavy (non-hydrogen) atoms. The van der Waals surface area contributed by atoms with Gasteiger partial charge < -0.3 is 15.2 Å². The molecule has 0 radical (unpaired) electrons. The van der Waals surface area contributed by atoms with Crippen LogP contribution >= 0.6 is 0 Å². The zero-order chi connectivity index (χ0) is 14.0. The monoisotopic (exact) mass is 261 g/mol. The van der Waals surface area contributed by atoms with E-state index in [0.717, 1.165) is 24.3 Å². The molecular weight excluding hydrogens is 238 g/mol. The van der Waals surface area contributed by atoms with Crippen molar-refractivity contribution >= 4 is 0 Å². The van der Waals surface area contributed by atoms with Gasteiger partial charge >= 0.3 is 0 Å². The van der Waals surface area contributed by atoms with Crippen molar-refractivity contribution in [3.05, 3.63) is 34.9 Å². The maximum atomic E-state index is 6.32. The van der Waals surface area contributed by atoms with E-state index in [2.05, 4.69) is 26.0 Å². The molecule has 0 aromatic heterocycles. The summed E-state index contributed by atoms with van der Waals surface area (Å²) in [5.74, 6) is 1.90. The van der Waals surface area contributed by atoms with Gasteiger partial charge in [-0.15, -0.1) is 0 Å². The average Bonchev–Trinajstić information content (AvgIpc) is 2.42. The lowest BCUT2D eigenvalue weighted by molar-refractivity contribution is 0.353. The van der Waals surface area contributed by atoms with E-state index in [1.807, 2.05) is 6.07 Å². The zero-order valence-electron chi connectivity index (χ0n) is 12.2. The van der Waals surface area contributed by atoms with Crippen LogP contribution in [-0.4, -0.2) is 20.3 Å². The van der Waals surface area contributed by atoms with E-state index in [1.165, 1.54) is 16.7 Å². The second-order valence-corrected chi connectivity index (χ2v) is 5.35. The molecule has 0 heterocycles. The summed E-state index contributed by atoms with van der Waals surface area (Å²) >= 11 is 0. The molecule has 0 unspecified atom stereocenters. The van der Waals surface area contributed by atoms with Gasteiger partial charge in [-0.25, -0.2) is 0 Å². The third kappa shape index (κ3) is 2.76. The van der Waals surface area contributed by atoms with Crippen LogP contribution in [0.25, 0.3) is 0 Å². The van der Waals surface area contributed by atoms with Gasteiger partial charge in [0.1, 0.15) is 0 Å². The molecule has 1 aliphatic rings. The van der Waals surface area contributed by atoms with Crippen LogP contribution in [0.4, 0.5) is 0 Å². The van der Waals surface area contributed by atoms with Gasteiger partial charge in [-0.05, 0) is 44.4 Å². The molecule has 0 spiro atoms. The number of hydrogen-bond acceptors (Lipinski definition) is 3. The van der Waals surface area contributed by atoms with Crippen molar-refractivity contribution in [2.75, 3.05) is 14.2 Å². The van der Waals surface area contributed by atoms with E-state index in [1.54, 1.807) is 14.2 Å². The van der Waals surface area contributed by atoms with E-state index < -0.39 is 0 Å². The summed E-state index contributed by atoms with van der Waals surface area (Å²) in [6.45, 7) is 4.38. The SMILES string of the molecule is COc1ccc([C@@H]2CC(C)=C(C)C[C@H]2N)cc1OC. The highest BCUT2D eigenvalue weighted by Gasteiger charge is 2.26.